The number of nitrogens with zero attached hydrogens (tertiary/aromatic N) is 2. The summed E-state index contributed by atoms with van der Waals surface area (Å²) in [6, 6.07) is 18.1. The largest absolute Gasteiger partial charge is 0.350 e. The molecule has 0 aromatic heterocycles. The second-order valence-electron chi connectivity index (χ2n) is 10.7. The number of benzene rings is 3. The lowest BCUT2D eigenvalue weighted by atomic mass is 10.1. The summed E-state index contributed by atoms with van der Waals surface area (Å²) in [5.74, 6) is -1.61. The summed E-state index contributed by atoms with van der Waals surface area (Å²) in [4.78, 5) is 28.2. The third-order valence-electron chi connectivity index (χ3n) is 6.17. The quantitative estimate of drug-likeness (QED) is 0.405. The lowest BCUT2D eigenvalue weighted by Crippen LogP contribution is -2.54. The first-order valence-corrected chi connectivity index (χ1v) is 14.1. The van der Waals surface area contributed by atoms with Gasteiger partial charge in [-0.25, -0.2) is 12.8 Å². The Balaban J connectivity index is 2.04. The van der Waals surface area contributed by atoms with Crippen LogP contribution in [-0.4, -0.2) is 43.3 Å². The van der Waals surface area contributed by atoms with E-state index in [-0.39, 0.29) is 17.0 Å². The first-order chi connectivity index (χ1) is 18.2. The minimum Gasteiger partial charge on any atom is -0.350 e. The van der Waals surface area contributed by atoms with E-state index in [1.54, 1.807) is 49.4 Å². The van der Waals surface area contributed by atoms with Gasteiger partial charge in [0.15, 0.2) is 0 Å². The number of sulfonamides is 1. The molecule has 1 N–H and O–H groups in total. The van der Waals surface area contributed by atoms with Crippen LogP contribution in [-0.2, 0) is 26.2 Å². The minimum absolute atomic E-state index is 0.0284. The number of halogens is 1. The molecule has 39 heavy (non-hydrogen) atoms. The zero-order valence-corrected chi connectivity index (χ0v) is 24.0. The maximum Gasteiger partial charge on any atom is 0.264 e. The molecular weight excluding hydrogens is 517 g/mol. The van der Waals surface area contributed by atoms with Crippen molar-refractivity contribution in [2.45, 2.75) is 64.6 Å². The van der Waals surface area contributed by atoms with Crippen LogP contribution in [0.25, 0.3) is 0 Å². The van der Waals surface area contributed by atoms with Crippen LogP contribution in [0.2, 0.25) is 0 Å². The third-order valence-corrected chi connectivity index (χ3v) is 7.96. The third kappa shape index (κ3) is 7.66. The van der Waals surface area contributed by atoms with Crippen LogP contribution in [0.1, 0.15) is 44.4 Å². The predicted octanol–water partition coefficient (Wildman–Crippen LogP) is 4.97. The Morgan fingerprint density at radius 2 is 1.44 bits per heavy atom. The minimum atomic E-state index is -4.16. The number of hydrogen-bond acceptors (Lipinski definition) is 4. The molecule has 0 bridgehead atoms. The molecule has 0 aliphatic heterocycles. The van der Waals surface area contributed by atoms with Gasteiger partial charge in [0.2, 0.25) is 11.8 Å². The number of amides is 2. The van der Waals surface area contributed by atoms with E-state index < -0.39 is 45.8 Å². The van der Waals surface area contributed by atoms with Crippen molar-refractivity contribution in [1.82, 2.24) is 10.2 Å². The van der Waals surface area contributed by atoms with Crippen molar-refractivity contribution in [2.75, 3.05) is 10.8 Å². The molecule has 1 atom stereocenters. The van der Waals surface area contributed by atoms with Crippen molar-refractivity contribution in [3.05, 3.63) is 95.3 Å². The second-order valence-corrected chi connectivity index (χ2v) is 12.6. The van der Waals surface area contributed by atoms with E-state index in [4.69, 9.17) is 0 Å². The number of anilines is 1. The molecule has 0 saturated heterocycles. The second kappa shape index (κ2) is 12.0. The molecule has 0 aliphatic carbocycles. The van der Waals surface area contributed by atoms with E-state index in [2.05, 4.69) is 5.32 Å². The average Bonchev–Trinajstić information content (AvgIpc) is 2.86. The molecule has 0 unspecified atom stereocenters. The average molecular weight is 554 g/mol. The standard InChI is InChI=1S/C30H36FN3O4S/c1-21-11-15-25(16-12-21)34(39(37,38)26-17-13-22(2)14-18-26)20-28(35)33(19-24-9-7-8-10-27(24)31)23(3)29(36)32-30(4,5)6/h7-18,23H,19-20H2,1-6H3,(H,32,36)/t23-/m1/s1. The summed E-state index contributed by atoms with van der Waals surface area (Å²) in [5, 5.41) is 2.85. The Bertz CT molecular complexity index is 1420. The van der Waals surface area contributed by atoms with E-state index in [0.717, 1.165) is 15.4 Å². The van der Waals surface area contributed by atoms with Gasteiger partial charge in [-0.3, -0.25) is 13.9 Å². The molecule has 208 valence electrons. The maximum absolute atomic E-state index is 14.6. The van der Waals surface area contributed by atoms with Crippen molar-refractivity contribution in [3.63, 3.8) is 0 Å². The lowest BCUT2D eigenvalue weighted by molar-refractivity contribution is -0.140. The summed E-state index contributed by atoms with van der Waals surface area (Å²) in [6.07, 6.45) is 0. The van der Waals surface area contributed by atoms with Gasteiger partial charge in [0.1, 0.15) is 18.4 Å². The smallest absolute Gasteiger partial charge is 0.264 e. The molecule has 3 aromatic carbocycles. The number of hydrogen-bond donors (Lipinski definition) is 1. The molecule has 2 amide bonds. The van der Waals surface area contributed by atoms with Crippen molar-refractivity contribution in [3.8, 4) is 0 Å². The van der Waals surface area contributed by atoms with Gasteiger partial charge in [0.25, 0.3) is 10.0 Å². The monoisotopic (exact) mass is 553 g/mol. The van der Waals surface area contributed by atoms with Crippen molar-refractivity contribution in [2.24, 2.45) is 0 Å². The highest BCUT2D eigenvalue weighted by Crippen LogP contribution is 2.25. The topological polar surface area (TPSA) is 86.8 Å². The van der Waals surface area contributed by atoms with Gasteiger partial charge < -0.3 is 10.2 Å². The Kier molecular flexibility index (Phi) is 9.17. The Hall–Kier alpha value is -3.72. The molecule has 0 aliphatic rings. The van der Waals surface area contributed by atoms with Crippen LogP contribution < -0.4 is 9.62 Å². The fraction of sp³-hybridized carbons (Fsp3) is 0.333. The summed E-state index contributed by atoms with van der Waals surface area (Å²) in [7, 11) is -4.16. The Labute approximate surface area is 230 Å². The summed E-state index contributed by atoms with van der Waals surface area (Å²) in [6.45, 7) is 9.92. The predicted molar refractivity (Wildman–Crippen MR) is 151 cm³/mol. The fourth-order valence-corrected chi connectivity index (χ4v) is 5.36. The fourth-order valence-electron chi connectivity index (χ4n) is 3.94. The molecule has 0 spiro atoms. The van der Waals surface area contributed by atoms with E-state index in [0.29, 0.717) is 5.69 Å². The van der Waals surface area contributed by atoms with Crippen LogP contribution in [0, 0.1) is 19.7 Å². The first-order valence-electron chi connectivity index (χ1n) is 12.7. The molecule has 3 aromatic rings. The van der Waals surface area contributed by atoms with Crippen LogP contribution in [0.4, 0.5) is 10.1 Å². The van der Waals surface area contributed by atoms with Gasteiger partial charge in [-0.15, -0.1) is 0 Å². The van der Waals surface area contributed by atoms with Gasteiger partial charge >= 0.3 is 0 Å². The van der Waals surface area contributed by atoms with Crippen molar-refractivity contribution in [1.29, 1.82) is 0 Å². The van der Waals surface area contributed by atoms with Crippen LogP contribution in [0.15, 0.2) is 77.7 Å². The molecule has 0 radical (unpaired) electrons. The molecule has 0 fully saturated rings. The van der Waals surface area contributed by atoms with Gasteiger partial charge in [0, 0.05) is 17.6 Å². The van der Waals surface area contributed by atoms with Gasteiger partial charge in [-0.05, 0) is 71.9 Å². The number of carbonyl (C=O) groups is 2. The molecule has 0 heterocycles. The van der Waals surface area contributed by atoms with Gasteiger partial charge in [0.05, 0.1) is 10.6 Å². The van der Waals surface area contributed by atoms with Gasteiger partial charge in [-0.2, -0.15) is 0 Å². The Morgan fingerprint density at radius 3 is 1.97 bits per heavy atom. The first kappa shape index (κ1) is 29.8. The number of nitrogens with one attached hydrogen (secondary N) is 1. The zero-order chi connectivity index (χ0) is 29.0. The van der Waals surface area contributed by atoms with E-state index >= 15 is 0 Å². The highest BCUT2D eigenvalue weighted by molar-refractivity contribution is 7.92. The molecule has 7 nitrogen and oxygen atoms in total. The summed E-state index contributed by atoms with van der Waals surface area (Å²) < 4.78 is 43.3. The molecular formula is C30H36FN3O4S. The van der Waals surface area contributed by atoms with Crippen LogP contribution in [0.3, 0.4) is 0 Å². The van der Waals surface area contributed by atoms with Crippen molar-refractivity contribution < 1.29 is 22.4 Å². The normalized spacial score (nSPS) is 12.5. The molecule has 0 saturated carbocycles. The summed E-state index contributed by atoms with van der Waals surface area (Å²) >= 11 is 0. The van der Waals surface area contributed by atoms with E-state index in [9.17, 15) is 22.4 Å². The number of carbonyl (C=O) groups excluding carboxylic acids is 2. The number of rotatable bonds is 9. The summed E-state index contributed by atoms with van der Waals surface area (Å²) in [5.41, 5.74) is 1.76. The highest BCUT2D eigenvalue weighted by atomic mass is 32.2. The lowest BCUT2D eigenvalue weighted by Gasteiger charge is -2.33. The Morgan fingerprint density at radius 1 is 0.897 bits per heavy atom. The SMILES string of the molecule is Cc1ccc(N(CC(=O)N(Cc2ccccc2F)[C@H](C)C(=O)NC(C)(C)C)S(=O)(=O)c2ccc(C)cc2)cc1. The number of aryl methyl sites for hydroxylation is 2. The van der Waals surface area contributed by atoms with Crippen molar-refractivity contribution >= 4 is 27.5 Å². The maximum atomic E-state index is 14.6. The van der Waals surface area contributed by atoms with E-state index in [1.165, 1.54) is 35.2 Å². The van der Waals surface area contributed by atoms with Gasteiger partial charge in [-0.1, -0.05) is 53.6 Å². The van der Waals surface area contributed by atoms with E-state index in [1.807, 2.05) is 34.6 Å². The molecule has 9 heteroatoms. The van der Waals surface area contributed by atoms with Crippen LogP contribution >= 0.6 is 0 Å². The highest BCUT2D eigenvalue weighted by Gasteiger charge is 2.33. The van der Waals surface area contributed by atoms with Crippen LogP contribution in [0.5, 0.6) is 0 Å². The molecule has 3 rings (SSSR count). The zero-order valence-electron chi connectivity index (χ0n) is 23.2.